The number of ether oxygens (including phenoxy) is 1. The molecule has 0 atom stereocenters. The Balaban J connectivity index is 2.28. The highest BCUT2D eigenvalue weighted by Crippen LogP contribution is 2.37. The van der Waals surface area contributed by atoms with E-state index >= 15 is 0 Å². The van der Waals surface area contributed by atoms with Gasteiger partial charge in [0.2, 0.25) is 0 Å². The molecule has 1 heterocycles. The number of nitrogens with zero attached hydrogens (tertiary/aromatic N) is 1. The smallest absolute Gasteiger partial charge is 0.405 e. The molecule has 2 rings (SSSR count). The fourth-order valence-electron chi connectivity index (χ4n) is 3.11. The minimum Gasteiger partial charge on any atom is -0.461 e. The molecule has 0 unspecified atom stereocenters. The summed E-state index contributed by atoms with van der Waals surface area (Å²) >= 11 is 0. The Morgan fingerprint density at radius 3 is 2.56 bits per heavy atom. The summed E-state index contributed by atoms with van der Waals surface area (Å²) in [5, 5.41) is 5.71. The molecule has 0 bridgehead atoms. The van der Waals surface area contributed by atoms with Crippen LogP contribution in [0.3, 0.4) is 0 Å². The number of rotatable bonds is 4. The van der Waals surface area contributed by atoms with Crippen LogP contribution in [0.1, 0.15) is 54.5 Å². The maximum Gasteiger partial charge on any atom is 0.405 e. The van der Waals surface area contributed by atoms with Crippen molar-refractivity contribution in [3.05, 3.63) is 22.5 Å². The Morgan fingerprint density at radius 1 is 1.30 bits per heavy atom. The van der Waals surface area contributed by atoms with Crippen LogP contribution in [-0.4, -0.2) is 42.0 Å². The van der Waals surface area contributed by atoms with Crippen LogP contribution < -0.4 is 10.7 Å². The Hall–Kier alpha value is -2.52. The standard InChI is InChI=1S/C17H23F3N4O3/c1-5-27-14(25)13-9(2)12-10(22-13)6-16(3,4)7-11(12)23-24-15(26)21-8-17(18,19)20/h22H,5-8H2,1-4H3,(H2,21,24,26). The van der Waals surface area contributed by atoms with Crippen molar-refractivity contribution in [1.29, 1.82) is 0 Å². The topological polar surface area (TPSA) is 95.6 Å². The van der Waals surface area contributed by atoms with Gasteiger partial charge in [-0.1, -0.05) is 13.8 Å². The third-order valence-corrected chi connectivity index (χ3v) is 4.14. The lowest BCUT2D eigenvalue weighted by Crippen LogP contribution is -2.39. The minimum absolute atomic E-state index is 0.209. The van der Waals surface area contributed by atoms with Crippen molar-refractivity contribution in [1.82, 2.24) is 15.7 Å². The predicted molar refractivity (Wildman–Crippen MR) is 92.7 cm³/mol. The molecule has 2 amide bonds. The van der Waals surface area contributed by atoms with Gasteiger partial charge in [0, 0.05) is 11.3 Å². The third-order valence-electron chi connectivity index (χ3n) is 4.14. The summed E-state index contributed by atoms with van der Waals surface area (Å²) in [7, 11) is 0. The molecular formula is C17H23F3N4O3. The van der Waals surface area contributed by atoms with Gasteiger partial charge in [-0.05, 0) is 37.7 Å². The number of hydrazone groups is 1. The number of fused-ring (bicyclic) bond motifs is 1. The van der Waals surface area contributed by atoms with Gasteiger partial charge in [-0.15, -0.1) is 0 Å². The van der Waals surface area contributed by atoms with E-state index in [0.717, 1.165) is 5.69 Å². The molecule has 1 aromatic rings. The van der Waals surface area contributed by atoms with Crippen LogP contribution in [0.25, 0.3) is 0 Å². The lowest BCUT2D eigenvalue weighted by Gasteiger charge is -2.30. The largest absolute Gasteiger partial charge is 0.461 e. The summed E-state index contributed by atoms with van der Waals surface area (Å²) in [5.41, 5.74) is 4.80. The first-order valence-electron chi connectivity index (χ1n) is 8.49. The second-order valence-corrected chi connectivity index (χ2v) is 7.18. The van der Waals surface area contributed by atoms with Gasteiger partial charge >= 0.3 is 18.2 Å². The van der Waals surface area contributed by atoms with Gasteiger partial charge in [0.25, 0.3) is 0 Å². The van der Waals surface area contributed by atoms with Crippen molar-refractivity contribution in [2.45, 2.75) is 46.7 Å². The number of hydrogen-bond acceptors (Lipinski definition) is 4. The van der Waals surface area contributed by atoms with Gasteiger partial charge in [0.15, 0.2) is 0 Å². The van der Waals surface area contributed by atoms with Gasteiger partial charge in [0.05, 0.1) is 12.3 Å². The number of nitrogens with one attached hydrogen (secondary N) is 3. The Morgan fingerprint density at radius 2 is 1.96 bits per heavy atom. The number of H-pyrrole nitrogens is 1. The molecule has 7 nitrogen and oxygen atoms in total. The average Bonchev–Trinajstić information content (AvgIpc) is 2.85. The van der Waals surface area contributed by atoms with Gasteiger partial charge in [0.1, 0.15) is 12.2 Å². The van der Waals surface area contributed by atoms with E-state index in [0.29, 0.717) is 35.4 Å². The Bertz CT molecular complexity index is 766. The second-order valence-electron chi connectivity index (χ2n) is 7.18. The molecule has 0 saturated carbocycles. The van der Waals surface area contributed by atoms with Crippen molar-refractivity contribution in [3.8, 4) is 0 Å². The van der Waals surface area contributed by atoms with Crippen molar-refractivity contribution < 1.29 is 27.5 Å². The van der Waals surface area contributed by atoms with Crippen LogP contribution in [0.2, 0.25) is 0 Å². The number of alkyl halides is 3. The number of hydrogen-bond donors (Lipinski definition) is 3. The second kappa shape index (κ2) is 7.61. The molecule has 0 spiro atoms. The SMILES string of the molecule is CCOC(=O)c1[nH]c2c(c1C)C(=NNC(=O)NCC(F)(F)F)CC(C)(C)C2. The fourth-order valence-corrected chi connectivity index (χ4v) is 3.11. The van der Waals surface area contributed by atoms with E-state index < -0.39 is 24.7 Å². The van der Waals surface area contributed by atoms with Crippen LogP contribution in [0.4, 0.5) is 18.0 Å². The highest BCUT2D eigenvalue weighted by molar-refractivity contribution is 6.07. The summed E-state index contributed by atoms with van der Waals surface area (Å²) in [5.74, 6) is -0.488. The monoisotopic (exact) mass is 388 g/mol. The van der Waals surface area contributed by atoms with Crippen LogP contribution in [0, 0.1) is 12.3 Å². The molecule has 0 radical (unpaired) electrons. The highest BCUT2D eigenvalue weighted by atomic mass is 19.4. The molecule has 0 saturated heterocycles. The third kappa shape index (κ3) is 5.24. The maximum absolute atomic E-state index is 12.2. The number of aromatic amines is 1. The van der Waals surface area contributed by atoms with Crippen molar-refractivity contribution in [2.24, 2.45) is 10.5 Å². The Labute approximate surface area is 154 Å². The van der Waals surface area contributed by atoms with Crippen molar-refractivity contribution in [3.63, 3.8) is 0 Å². The first-order chi connectivity index (χ1) is 12.4. The van der Waals surface area contributed by atoms with Gasteiger partial charge in [-0.3, -0.25) is 0 Å². The summed E-state index contributed by atoms with van der Waals surface area (Å²) in [6.45, 7) is 6.21. The summed E-state index contributed by atoms with van der Waals surface area (Å²) in [6.07, 6.45) is -3.36. The Kier molecular flexibility index (Phi) is 5.86. The molecule has 0 fully saturated rings. The maximum atomic E-state index is 12.2. The van der Waals surface area contributed by atoms with Crippen molar-refractivity contribution in [2.75, 3.05) is 13.2 Å². The zero-order valence-electron chi connectivity index (χ0n) is 15.6. The molecule has 0 aromatic carbocycles. The molecule has 27 heavy (non-hydrogen) atoms. The molecule has 1 aliphatic carbocycles. The number of carbonyl (C=O) groups is 2. The number of carbonyl (C=O) groups excluding carboxylic acids is 2. The molecule has 10 heteroatoms. The first kappa shape index (κ1) is 20.8. The van der Waals surface area contributed by atoms with E-state index in [1.807, 2.05) is 13.8 Å². The van der Waals surface area contributed by atoms with Crippen LogP contribution in [-0.2, 0) is 11.2 Å². The molecule has 150 valence electrons. The van der Waals surface area contributed by atoms with E-state index in [9.17, 15) is 22.8 Å². The highest BCUT2D eigenvalue weighted by Gasteiger charge is 2.35. The van der Waals surface area contributed by atoms with E-state index in [1.54, 1.807) is 19.2 Å². The van der Waals surface area contributed by atoms with E-state index in [4.69, 9.17) is 4.74 Å². The zero-order valence-corrected chi connectivity index (χ0v) is 15.6. The van der Waals surface area contributed by atoms with E-state index in [2.05, 4.69) is 15.5 Å². The minimum atomic E-state index is -4.50. The van der Waals surface area contributed by atoms with Crippen LogP contribution in [0.5, 0.6) is 0 Å². The number of urea groups is 1. The normalized spacial score (nSPS) is 17.4. The number of aromatic nitrogens is 1. The van der Waals surface area contributed by atoms with Gasteiger partial charge < -0.3 is 15.0 Å². The van der Waals surface area contributed by atoms with E-state index in [-0.39, 0.29) is 12.0 Å². The zero-order chi connectivity index (χ0) is 20.4. The van der Waals surface area contributed by atoms with Crippen LogP contribution in [0.15, 0.2) is 5.10 Å². The average molecular weight is 388 g/mol. The fraction of sp³-hybridized carbons (Fsp3) is 0.588. The predicted octanol–water partition coefficient (Wildman–Crippen LogP) is 3.04. The lowest BCUT2D eigenvalue weighted by atomic mass is 9.75. The van der Waals surface area contributed by atoms with Gasteiger partial charge in [-0.2, -0.15) is 18.3 Å². The van der Waals surface area contributed by atoms with Crippen molar-refractivity contribution >= 4 is 17.7 Å². The lowest BCUT2D eigenvalue weighted by molar-refractivity contribution is -0.122. The number of esters is 1. The van der Waals surface area contributed by atoms with Crippen LogP contribution >= 0.6 is 0 Å². The summed E-state index contributed by atoms with van der Waals surface area (Å²) < 4.78 is 41.6. The van der Waals surface area contributed by atoms with Gasteiger partial charge in [-0.25, -0.2) is 15.0 Å². The molecule has 0 aliphatic heterocycles. The number of amides is 2. The summed E-state index contributed by atoms with van der Waals surface area (Å²) in [6, 6.07) is -1.05. The summed E-state index contributed by atoms with van der Waals surface area (Å²) in [4.78, 5) is 26.8. The van der Waals surface area contributed by atoms with E-state index in [1.165, 1.54) is 0 Å². The first-order valence-corrected chi connectivity index (χ1v) is 8.49. The number of halogens is 3. The molecule has 1 aromatic heterocycles. The molecular weight excluding hydrogens is 365 g/mol. The quantitative estimate of drug-likeness (QED) is 0.546. The molecule has 3 N–H and O–H groups in total. The molecule has 1 aliphatic rings.